The van der Waals surface area contributed by atoms with Gasteiger partial charge in [-0.05, 0) is 50.2 Å². The van der Waals surface area contributed by atoms with Gasteiger partial charge in [-0.3, -0.25) is 9.88 Å². The van der Waals surface area contributed by atoms with Gasteiger partial charge in [-0.1, -0.05) is 19.4 Å². The largest absolute Gasteiger partial charge is 0.311 e. The van der Waals surface area contributed by atoms with Crippen molar-refractivity contribution >= 4 is 0 Å². The van der Waals surface area contributed by atoms with Crippen molar-refractivity contribution in [1.29, 1.82) is 0 Å². The zero-order chi connectivity index (χ0) is 14.9. The van der Waals surface area contributed by atoms with Gasteiger partial charge in [0.15, 0.2) is 0 Å². The maximum Gasteiger partial charge on any atom is 0.0338 e. The minimum atomic E-state index is 0.327. The normalized spacial score (nSPS) is 30.5. The third kappa shape index (κ3) is 3.29. The summed E-state index contributed by atoms with van der Waals surface area (Å²) in [6.45, 7) is 10.2. The van der Waals surface area contributed by atoms with Crippen LogP contribution in [0.5, 0.6) is 0 Å². The van der Waals surface area contributed by atoms with Crippen LogP contribution in [0.2, 0.25) is 0 Å². The van der Waals surface area contributed by atoms with Crippen molar-refractivity contribution in [2.24, 2.45) is 5.92 Å². The molecule has 116 valence electrons. The van der Waals surface area contributed by atoms with Gasteiger partial charge < -0.3 is 5.32 Å². The van der Waals surface area contributed by atoms with Crippen LogP contribution in [-0.4, -0.2) is 34.6 Å². The van der Waals surface area contributed by atoms with E-state index >= 15 is 0 Å². The van der Waals surface area contributed by atoms with Crippen LogP contribution in [0.1, 0.15) is 50.7 Å². The molecule has 1 N–H and O–H groups in total. The fraction of sp³-hybridized carbons (Fsp3) is 0.722. The molecule has 1 saturated carbocycles. The van der Waals surface area contributed by atoms with Crippen LogP contribution in [0.4, 0.5) is 0 Å². The first-order valence-corrected chi connectivity index (χ1v) is 8.51. The van der Waals surface area contributed by atoms with E-state index in [1.165, 1.54) is 43.4 Å². The van der Waals surface area contributed by atoms with Crippen molar-refractivity contribution in [2.75, 3.05) is 13.1 Å². The second-order valence-corrected chi connectivity index (χ2v) is 7.25. The van der Waals surface area contributed by atoms with E-state index in [4.69, 9.17) is 0 Å². The number of aryl methyl sites for hydroxylation is 1. The number of piperazine rings is 1. The molecule has 2 unspecified atom stereocenters. The molecule has 1 aromatic heterocycles. The SMILES string of the molecule is CCCC1CN(Cc2cncc(C)c2)C(C)(C2CC2)CN1. The molecule has 2 atom stereocenters. The van der Waals surface area contributed by atoms with Crippen molar-refractivity contribution in [3.05, 3.63) is 29.6 Å². The van der Waals surface area contributed by atoms with Gasteiger partial charge >= 0.3 is 0 Å². The molecule has 2 fully saturated rings. The van der Waals surface area contributed by atoms with Gasteiger partial charge in [-0.25, -0.2) is 0 Å². The molecule has 0 aromatic carbocycles. The Balaban J connectivity index is 1.76. The Labute approximate surface area is 129 Å². The number of nitrogens with one attached hydrogen (secondary N) is 1. The molecule has 2 heterocycles. The van der Waals surface area contributed by atoms with Crippen molar-refractivity contribution in [2.45, 2.75) is 64.6 Å². The molecule has 1 aromatic rings. The summed E-state index contributed by atoms with van der Waals surface area (Å²) in [4.78, 5) is 7.11. The Hall–Kier alpha value is -0.930. The predicted octanol–water partition coefficient (Wildman–Crippen LogP) is 3.13. The molecule has 0 radical (unpaired) electrons. The van der Waals surface area contributed by atoms with E-state index in [1.54, 1.807) is 0 Å². The average molecular weight is 287 g/mol. The van der Waals surface area contributed by atoms with Crippen molar-refractivity contribution in [3.63, 3.8) is 0 Å². The summed E-state index contributed by atoms with van der Waals surface area (Å²) in [5, 5.41) is 3.80. The van der Waals surface area contributed by atoms with Gasteiger partial charge in [0, 0.05) is 43.6 Å². The number of hydrogen-bond acceptors (Lipinski definition) is 3. The molecule has 1 aliphatic heterocycles. The van der Waals surface area contributed by atoms with E-state index in [2.05, 4.69) is 42.0 Å². The van der Waals surface area contributed by atoms with Gasteiger partial charge in [0.2, 0.25) is 0 Å². The first kappa shape index (κ1) is 15.0. The van der Waals surface area contributed by atoms with Gasteiger partial charge in [0.05, 0.1) is 0 Å². The fourth-order valence-corrected chi connectivity index (χ4v) is 3.82. The summed E-state index contributed by atoms with van der Waals surface area (Å²) in [6.07, 6.45) is 9.33. The first-order valence-electron chi connectivity index (χ1n) is 8.51. The maximum absolute atomic E-state index is 4.37. The van der Waals surface area contributed by atoms with Crippen LogP contribution in [0.15, 0.2) is 18.5 Å². The monoisotopic (exact) mass is 287 g/mol. The first-order chi connectivity index (χ1) is 10.1. The van der Waals surface area contributed by atoms with Crippen LogP contribution in [0.3, 0.4) is 0 Å². The standard InChI is InChI=1S/C18H29N3/c1-4-5-17-12-21(11-15-8-14(2)9-19-10-15)18(3,13-20-17)16-6-7-16/h8-10,16-17,20H,4-7,11-13H2,1-3H3. The summed E-state index contributed by atoms with van der Waals surface area (Å²) in [5.41, 5.74) is 2.95. The average Bonchev–Trinajstić information content (AvgIpc) is 3.28. The van der Waals surface area contributed by atoms with Gasteiger partial charge in [0.25, 0.3) is 0 Å². The number of aromatic nitrogens is 1. The van der Waals surface area contributed by atoms with Crippen molar-refractivity contribution in [3.8, 4) is 0 Å². The summed E-state index contributed by atoms with van der Waals surface area (Å²) >= 11 is 0. The fourth-order valence-electron chi connectivity index (χ4n) is 3.82. The Morgan fingerprint density at radius 2 is 2.19 bits per heavy atom. The highest BCUT2D eigenvalue weighted by atomic mass is 15.3. The number of nitrogens with zero attached hydrogens (tertiary/aromatic N) is 2. The second kappa shape index (κ2) is 6.05. The smallest absolute Gasteiger partial charge is 0.0338 e. The van der Waals surface area contributed by atoms with Crippen molar-refractivity contribution < 1.29 is 0 Å². The molecule has 2 aliphatic rings. The highest BCUT2D eigenvalue weighted by Gasteiger charge is 2.47. The van der Waals surface area contributed by atoms with E-state index in [9.17, 15) is 0 Å². The molecule has 3 nitrogen and oxygen atoms in total. The van der Waals surface area contributed by atoms with Crippen LogP contribution in [0.25, 0.3) is 0 Å². The van der Waals surface area contributed by atoms with Gasteiger partial charge in [0.1, 0.15) is 0 Å². The number of pyridine rings is 1. The molecule has 3 heteroatoms. The lowest BCUT2D eigenvalue weighted by atomic mass is 9.88. The quantitative estimate of drug-likeness (QED) is 0.902. The Kier molecular flexibility index (Phi) is 4.32. The highest BCUT2D eigenvalue weighted by molar-refractivity contribution is 5.18. The molecule has 1 aliphatic carbocycles. The molecule has 21 heavy (non-hydrogen) atoms. The lowest BCUT2D eigenvalue weighted by molar-refractivity contribution is 0.0259. The zero-order valence-corrected chi connectivity index (χ0v) is 13.7. The van der Waals surface area contributed by atoms with Crippen molar-refractivity contribution in [1.82, 2.24) is 15.2 Å². The Morgan fingerprint density at radius 1 is 1.38 bits per heavy atom. The van der Waals surface area contributed by atoms with E-state index < -0.39 is 0 Å². The van der Waals surface area contributed by atoms with E-state index in [1.807, 2.05) is 12.4 Å². The second-order valence-electron chi connectivity index (χ2n) is 7.25. The molecule has 0 bridgehead atoms. The predicted molar refractivity (Wildman–Crippen MR) is 87.2 cm³/mol. The highest BCUT2D eigenvalue weighted by Crippen LogP contribution is 2.44. The lowest BCUT2D eigenvalue weighted by Gasteiger charge is -2.49. The molecule has 0 spiro atoms. The maximum atomic E-state index is 4.37. The van der Waals surface area contributed by atoms with Crippen LogP contribution >= 0.6 is 0 Å². The van der Waals surface area contributed by atoms with E-state index in [0.29, 0.717) is 11.6 Å². The summed E-state index contributed by atoms with van der Waals surface area (Å²) in [5.74, 6) is 0.880. The molecular formula is C18H29N3. The molecule has 1 saturated heterocycles. The lowest BCUT2D eigenvalue weighted by Crippen LogP contribution is -2.63. The van der Waals surface area contributed by atoms with Gasteiger partial charge in [-0.15, -0.1) is 0 Å². The summed E-state index contributed by atoms with van der Waals surface area (Å²) < 4.78 is 0. The minimum Gasteiger partial charge on any atom is -0.311 e. The summed E-state index contributed by atoms with van der Waals surface area (Å²) in [7, 11) is 0. The van der Waals surface area contributed by atoms with Gasteiger partial charge in [-0.2, -0.15) is 0 Å². The van der Waals surface area contributed by atoms with Crippen LogP contribution < -0.4 is 5.32 Å². The third-order valence-corrected chi connectivity index (χ3v) is 5.31. The van der Waals surface area contributed by atoms with E-state index in [-0.39, 0.29) is 0 Å². The Morgan fingerprint density at radius 3 is 2.86 bits per heavy atom. The van der Waals surface area contributed by atoms with Crippen LogP contribution in [-0.2, 0) is 6.54 Å². The third-order valence-electron chi connectivity index (χ3n) is 5.31. The van der Waals surface area contributed by atoms with Crippen LogP contribution in [0, 0.1) is 12.8 Å². The number of rotatable bonds is 5. The minimum absolute atomic E-state index is 0.327. The Bertz CT molecular complexity index is 483. The zero-order valence-electron chi connectivity index (χ0n) is 13.7. The number of hydrogen-bond donors (Lipinski definition) is 1. The molecular weight excluding hydrogens is 258 g/mol. The van der Waals surface area contributed by atoms with E-state index in [0.717, 1.165) is 19.0 Å². The molecule has 3 rings (SSSR count). The topological polar surface area (TPSA) is 28.2 Å². The summed E-state index contributed by atoms with van der Waals surface area (Å²) in [6, 6.07) is 2.94. The molecule has 0 amide bonds.